The summed E-state index contributed by atoms with van der Waals surface area (Å²) < 4.78 is 0. The van der Waals surface area contributed by atoms with Crippen molar-refractivity contribution < 1.29 is 14.6 Å². The van der Waals surface area contributed by atoms with Crippen LogP contribution in [-0.4, -0.2) is 44.2 Å². The first-order valence-electron chi connectivity index (χ1n) is 11.3. The van der Waals surface area contributed by atoms with Crippen molar-refractivity contribution in [3.8, 4) is 0 Å². The average molecular weight is 394 g/mol. The molecule has 29 heavy (non-hydrogen) atoms. The van der Waals surface area contributed by atoms with Gasteiger partial charge in [-0.1, -0.05) is 73.5 Å². The van der Waals surface area contributed by atoms with Gasteiger partial charge in [-0.15, -0.1) is 0 Å². The largest absolute Gasteiger partial charge is 0.348 e. The van der Waals surface area contributed by atoms with Gasteiger partial charge >= 0.3 is 0 Å². The molecule has 1 amide bonds. The smallest absolute Gasteiger partial charge is 0.278 e. The van der Waals surface area contributed by atoms with Gasteiger partial charge in [-0.3, -0.25) is 4.79 Å². The lowest BCUT2D eigenvalue weighted by Gasteiger charge is -2.37. The van der Waals surface area contributed by atoms with Crippen molar-refractivity contribution in [1.29, 1.82) is 0 Å². The van der Waals surface area contributed by atoms with Crippen LogP contribution in [0.4, 0.5) is 0 Å². The molecule has 2 aromatic carbocycles. The number of nitrogens with one attached hydrogen (secondary N) is 3. The summed E-state index contributed by atoms with van der Waals surface area (Å²) in [4.78, 5) is 15.8. The van der Waals surface area contributed by atoms with Crippen molar-refractivity contribution in [3.63, 3.8) is 0 Å². The number of carbonyl (C=O) groups excluding carboxylic acids is 1. The predicted molar refractivity (Wildman–Crippen MR) is 116 cm³/mol. The predicted octanol–water partition coefficient (Wildman–Crippen LogP) is 1.01. The number of carbonyl (C=O) groups is 1. The third-order valence-corrected chi connectivity index (χ3v) is 6.92. The molecule has 4 nitrogen and oxygen atoms in total. The molecule has 3 N–H and O–H groups in total. The molecule has 1 saturated heterocycles. The lowest BCUT2D eigenvalue weighted by Crippen LogP contribution is -3.30. The Kier molecular flexibility index (Phi) is 6.63. The van der Waals surface area contributed by atoms with Crippen LogP contribution < -0.4 is 15.1 Å². The second kappa shape index (κ2) is 9.55. The molecule has 1 aliphatic carbocycles. The molecule has 1 saturated carbocycles. The van der Waals surface area contributed by atoms with E-state index in [0.717, 1.165) is 39.0 Å². The molecule has 154 valence electrons. The standard InChI is InChI=1S/C25H33N3O/c1-20(25(29)26-23-14-8-9-15-23)27-16-18-28(19-17-27)24(21-10-4-2-5-11-21)22-12-6-3-7-13-22/h2-7,10-13,20,23-24H,8-9,14-19H2,1H3,(H,26,29)/p+2/t20-/m1/s1. The van der Waals surface area contributed by atoms with Crippen molar-refractivity contribution in [2.75, 3.05) is 26.2 Å². The Labute approximate surface area is 174 Å². The Bertz CT molecular complexity index is 726. The van der Waals surface area contributed by atoms with Crippen LogP contribution in [-0.2, 0) is 4.79 Å². The van der Waals surface area contributed by atoms with Gasteiger partial charge in [0.25, 0.3) is 5.91 Å². The van der Waals surface area contributed by atoms with E-state index in [-0.39, 0.29) is 11.9 Å². The van der Waals surface area contributed by atoms with E-state index < -0.39 is 0 Å². The van der Waals surface area contributed by atoms with E-state index >= 15 is 0 Å². The zero-order valence-corrected chi connectivity index (χ0v) is 17.6. The molecular weight excluding hydrogens is 358 g/mol. The van der Waals surface area contributed by atoms with Crippen LogP contribution in [0.2, 0.25) is 0 Å². The van der Waals surface area contributed by atoms with Crippen LogP contribution in [0.15, 0.2) is 60.7 Å². The van der Waals surface area contributed by atoms with Gasteiger partial charge in [0.05, 0.1) is 0 Å². The topological polar surface area (TPSA) is 38.0 Å². The summed E-state index contributed by atoms with van der Waals surface area (Å²) in [5, 5.41) is 3.30. The number of rotatable bonds is 6. The highest BCUT2D eigenvalue weighted by molar-refractivity contribution is 5.80. The maximum absolute atomic E-state index is 12.7. The van der Waals surface area contributed by atoms with Crippen molar-refractivity contribution in [3.05, 3.63) is 71.8 Å². The molecule has 1 atom stereocenters. The highest BCUT2D eigenvalue weighted by Gasteiger charge is 2.36. The minimum absolute atomic E-state index is 0.0454. The van der Waals surface area contributed by atoms with Crippen LogP contribution in [0, 0.1) is 0 Å². The number of quaternary nitrogens is 2. The summed E-state index contributed by atoms with van der Waals surface area (Å²) >= 11 is 0. The number of benzene rings is 2. The van der Waals surface area contributed by atoms with Crippen LogP contribution in [0.5, 0.6) is 0 Å². The van der Waals surface area contributed by atoms with Crippen molar-refractivity contribution in [1.82, 2.24) is 5.32 Å². The summed E-state index contributed by atoms with van der Waals surface area (Å²) in [6.07, 6.45) is 4.83. The number of amides is 1. The minimum atomic E-state index is 0.0454. The van der Waals surface area contributed by atoms with Crippen LogP contribution >= 0.6 is 0 Å². The Morgan fingerprint density at radius 2 is 1.31 bits per heavy atom. The van der Waals surface area contributed by atoms with Gasteiger partial charge in [-0.25, -0.2) is 0 Å². The van der Waals surface area contributed by atoms with Crippen LogP contribution in [0.3, 0.4) is 0 Å². The molecule has 0 bridgehead atoms. The first-order chi connectivity index (χ1) is 14.2. The average Bonchev–Trinajstić information content (AvgIpc) is 3.28. The summed E-state index contributed by atoms with van der Waals surface area (Å²) in [6.45, 7) is 6.38. The fraction of sp³-hybridized carbons (Fsp3) is 0.480. The van der Waals surface area contributed by atoms with E-state index in [9.17, 15) is 4.79 Å². The Balaban J connectivity index is 1.41. The molecular formula is C25H35N3O+2. The van der Waals surface area contributed by atoms with E-state index in [4.69, 9.17) is 0 Å². The molecule has 2 aliphatic rings. The maximum Gasteiger partial charge on any atom is 0.278 e. The first-order valence-corrected chi connectivity index (χ1v) is 11.3. The van der Waals surface area contributed by atoms with Crippen molar-refractivity contribution in [2.45, 2.75) is 50.7 Å². The van der Waals surface area contributed by atoms with Gasteiger partial charge in [0, 0.05) is 17.2 Å². The lowest BCUT2D eigenvalue weighted by atomic mass is 9.96. The quantitative estimate of drug-likeness (QED) is 0.673. The molecule has 1 heterocycles. The van der Waals surface area contributed by atoms with Gasteiger partial charge in [0.1, 0.15) is 32.2 Å². The summed E-state index contributed by atoms with van der Waals surface area (Å²) in [7, 11) is 0. The van der Waals surface area contributed by atoms with Gasteiger partial charge in [0.15, 0.2) is 6.04 Å². The van der Waals surface area contributed by atoms with E-state index in [0.29, 0.717) is 12.1 Å². The highest BCUT2D eigenvalue weighted by Crippen LogP contribution is 2.19. The molecule has 0 aromatic heterocycles. The maximum atomic E-state index is 12.7. The number of hydrogen-bond acceptors (Lipinski definition) is 1. The van der Waals surface area contributed by atoms with E-state index in [1.54, 1.807) is 4.90 Å². The fourth-order valence-electron chi connectivity index (χ4n) is 5.15. The molecule has 0 unspecified atom stereocenters. The van der Waals surface area contributed by atoms with Crippen LogP contribution in [0.25, 0.3) is 0 Å². The molecule has 4 heteroatoms. The molecule has 1 aliphatic heterocycles. The SMILES string of the molecule is C[C@H](C(=O)NC1CCCC1)[NH+]1CC[NH+](C(c2ccccc2)c2ccccc2)CC1. The normalized spacial score (nSPS) is 23.8. The molecule has 2 aromatic rings. The summed E-state index contributed by atoms with van der Waals surface area (Å²) in [6, 6.07) is 22.6. The monoisotopic (exact) mass is 393 g/mol. The van der Waals surface area contributed by atoms with Crippen molar-refractivity contribution >= 4 is 5.91 Å². The van der Waals surface area contributed by atoms with E-state index in [1.165, 1.54) is 28.9 Å². The van der Waals surface area contributed by atoms with Gasteiger partial charge in [-0.2, -0.15) is 0 Å². The molecule has 0 radical (unpaired) electrons. The van der Waals surface area contributed by atoms with Gasteiger partial charge in [0.2, 0.25) is 0 Å². The molecule has 2 fully saturated rings. The Morgan fingerprint density at radius 3 is 1.83 bits per heavy atom. The number of piperazine rings is 1. The summed E-state index contributed by atoms with van der Waals surface area (Å²) in [5.74, 6) is 0.248. The van der Waals surface area contributed by atoms with Crippen LogP contribution in [0.1, 0.15) is 49.8 Å². The van der Waals surface area contributed by atoms with E-state index in [1.807, 2.05) is 0 Å². The Morgan fingerprint density at radius 1 is 0.828 bits per heavy atom. The first kappa shape index (κ1) is 20.1. The third kappa shape index (κ3) is 4.88. The second-order valence-electron chi connectivity index (χ2n) is 8.78. The van der Waals surface area contributed by atoms with Gasteiger partial charge in [-0.05, 0) is 19.8 Å². The third-order valence-electron chi connectivity index (χ3n) is 6.92. The fourth-order valence-corrected chi connectivity index (χ4v) is 5.15. The Hall–Kier alpha value is -2.17. The minimum Gasteiger partial charge on any atom is -0.348 e. The van der Waals surface area contributed by atoms with Crippen molar-refractivity contribution in [2.24, 2.45) is 0 Å². The molecule has 0 spiro atoms. The molecule has 4 rings (SSSR count). The number of hydrogen-bond donors (Lipinski definition) is 3. The van der Waals surface area contributed by atoms with E-state index in [2.05, 4.69) is 72.9 Å². The zero-order chi connectivity index (χ0) is 20.1. The lowest BCUT2D eigenvalue weighted by molar-refractivity contribution is -1.03. The zero-order valence-electron chi connectivity index (χ0n) is 17.6. The highest BCUT2D eigenvalue weighted by atomic mass is 16.2. The van der Waals surface area contributed by atoms with Gasteiger partial charge < -0.3 is 15.1 Å². The second-order valence-corrected chi connectivity index (χ2v) is 8.78. The summed E-state index contributed by atoms with van der Waals surface area (Å²) in [5.41, 5.74) is 2.76.